The van der Waals surface area contributed by atoms with Crippen LogP contribution >= 0.6 is 0 Å². The standard InChI is InChI=1S/C17H19N3O3/c21-15(22)11-20-10-9-18-16(17(20)23)19-14-8-4-7-13(14)12-5-2-1-3-6-12/h1-3,5-6,9-10,13-14H,4,7-8,11H2,(H,18,19)(H,21,22)/t13-,14-/m1/s1. The van der Waals surface area contributed by atoms with Crippen LogP contribution in [0.3, 0.4) is 0 Å². The molecule has 120 valence electrons. The topological polar surface area (TPSA) is 84.2 Å². The van der Waals surface area contributed by atoms with Gasteiger partial charge in [0.2, 0.25) is 0 Å². The van der Waals surface area contributed by atoms with Crippen LogP contribution in [0.1, 0.15) is 30.7 Å². The van der Waals surface area contributed by atoms with Crippen LogP contribution in [0, 0.1) is 0 Å². The molecule has 1 heterocycles. The largest absolute Gasteiger partial charge is 0.480 e. The summed E-state index contributed by atoms with van der Waals surface area (Å²) in [4.78, 5) is 27.2. The molecule has 6 heteroatoms. The highest BCUT2D eigenvalue weighted by Gasteiger charge is 2.29. The molecule has 2 atom stereocenters. The number of aromatic nitrogens is 2. The Balaban J connectivity index is 1.81. The van der Waals surface area contributed by atoms with Crippen LogP contribution < -0.4 is 10.9 Å². The van der Waals surface area contributed by atoms with Gasteiger partial charge < -0.3 is 10.4 Å². The van der Waals surface area contributed by atoms with Crippen molar-refractivity contribution in [2.24, 2.45) is 0 Å². The van der Waals surface area contributed by atoms with Crippen molar-refractivity contribution in [2.45, 2.75) is 37.8 Å². The molecule has 23 heavy (non-hydrogen) atoms. The Morgan fingerprint density at radius 3 is 2.83 bits per heavy atom. The number of nitrogens with zero attached hydrogens (tertiary/aromatic N) is 2. The van der Waals surface area contributed by atoms with E-state index in [1.54, 1.807) is 0 Å². The molecule has 0 amide bonds. The lowest BCUT2D eigenvalue weighted by atomic mass is 9.94. The van der Waals surface area contributed by atoms with Gasteiger partial charge in [-0.25, -0.2) is 4.98 Å². The number of carbonyl (C=O) groups is 1. The highest BCUT2D eigenvalue weighted by atomic mass is 16.4. The fraction of sp³-hybridized carbons (Fsp3) is 0.353. The molecule has 1 aromatic carbocycles. The minimum absolute atomic E-state index is 0.137. The van der Waals surface area contributed by atoms with Crippen molar-refractivity contribution >= 4 is 11.8 Å². The van der Waals surface area contributed by atoms with Gasteiger partial charge in [0.15, 0.2) is 5.82 Å². The van der Waals surface area contributed by atoms with E-state index in [0.29, 0.717) is 5.92 Å². The Kier molecular flexibility index (Phi) is 4.41. The summed E-state index contributed by atoms with van der Waals surface area (Å²) in [5.74, 6) is -0.487. The first kappa shape index (κ1) is 15.3. The molecular formula is C17H19N3O3. The molecular weight excluding hydrogens is 294 g/mol. The van der Waals surface area contributed by atoms with E-state index in [0.717, 1.165) is 23.8 Å². The van der Waals surface area contributed by atoms with Crippen LogP contribution in [0.2, 0.25) is 0 Å². The maximum Gasteiger partial charge on any atom is 0.323 e. The van der Waals surface area contributed by atoms with Crippen molar-refractivity contribution in [1.29, 1.82) is 0 Å². The van der Waals surface area contributed by atoms with E-state index in [1.807, 2.05) is 18.2 Å². The van der Waals surface area contributed by atoms with Crippen molar-refractivity contribution in [3.05, 3.63) is 58.6 Å². The van der Waals surface area contributed by atoms with E-state index in [1.165, 1.54) is 18.0 Å². The molecule has 3 rings (SSSR count). The normalized spacial score (nSPS) is 20.3. The van der Waals surface area contributed by atoms with Crippen LogP contribution in [-0.4, -0.2) is 26.7 Å². The van der Waals surface area contributed by atoms with Crippen LogP contribution in [0.4, 0.5) is 5.82 Å². The summed E-state index contributed by atoms with van der Waals surface area (Å²) >= 11 is 0. The maximum absolute atomic E-state index is 12.3. The molecule has 0 radical (unpaired) electrons. The fourth-order valence-electron chi connectivity index (χ4n) is 3.22. The van der Waals surface area contributed by atoms with Crippen molar-refractivity contribution < 1.29 is 9.90 Å². The second-order valence-corrected chi connectivity index (χ2v) is 5.80. The molecule has 0 saturated heterocycles. The Bertz CT molecular complexity index is 742. The number of aliphatic carboxylic acids is 1. The van der Waals surface area contributed by atoms with Gasteiger partial charge in [-0.3, -0.25) is 14.2 Å². The summed E-state index contributed by atoms with van der Waals surface area (Å²) in [7, 11) is 0. The number of hydrogen-bond acceptors (Lipinski definition) is 4. The molecule has 1 aromatic heterocycles. The fourth-order valence-corrected chi connectivity index (χ4v) is 3.22. The number of carboxylic acids is 1. The van der Waals surface area contributed by atoms with E-state index in [4.69, 9.17) is 5.11 Å². The predicted molar refractivity (Wildman–Crippen MR) is 86.6 cm³/mol. The minimum Gasteiger partial charge on any atom is -0.480 e. The first-order valence-electron chi connectivity index (χ1n) is 7.74. The van der Waals surface area contributed by atoms with E-state index in [-0.39, 0.29) is 18.4 Å². The van der Waals surface area contributed by atoms with E-state index < -0.39 is 11.5 Å². The third-order valence-electron chi connectivity index (χ3n) is 4.29. The van der Waals surface area contributed by atoms with E-state index in [2.05, 4.69) is 22.4 Å². The lowest BCUT2D eigenvalue weighted by Gasteiger charge is -2.21. The summed E-state index contributed by atoms with van der Waals surface area (Å²) in [6.45, 7) is -0.358. The lowest BCUT2D eigenvalue weighted by Crippen LogP contribution is -2.31. The zero-order valence-electron chi connectivity index (χ0n) is 12.7. The minimum atomic E-state index is -1.05. The average Bonchev–Trinajstić information content (AvgIpc) is 3.00. The number of benzene rings is 1. The van der Waals surface area contributed by atoms with Gasteiger partial charge in [-0.2, -0.15) is 0 Å². The average molecular weight is 313 g/mol. The molecule has 0 bridgehead atoms. The third-order valence-corrected chi connectivity index (χ3v) is 4.29. The van der Waals surface area contributed by atoms with Gasteiger partial charge in [-0.1, -0.05) is 36.8 Å². The molecule has 0 spiro atoms. The molecule has 6 nitrogen and oxygen atoms in total. The molecule has 0 aliphatic heterocycles. The van der Waals surface area contributed by atoms with Crippen molar-refractivity contribution in [3.63, 3.8) is 0 Å². The molecule has 0 unspecified atom stereocenters. The highest BCUT2D eigenvalue weighted by molar-refractivity contribution is 5.66. The van der Waals surface area contributed by atoms with Gasteiger partial charge in [-0.05, 0) is 18.4 Å². The second kappa shape index (κ2) is 6.64. The molecule has 1 aliphatic carbocycles. The number of nitrogens with one attached hydrogen (secondary N) is 1. The summed E-state index contributed by atoms with van der Waals surface area (Å²) in [5.41, 5.74) is 0.859. The van der Waals surface area contributed by atoms with Crippen LogP contribution in [0.15, 0.2) is 47.5 Å². The van der Waals surface area contributed by atoms with Crippen molar-refractivity contribution in [1.82, 2.24) is 9.55 Å². The lowest BCUT2D eigenvalue weighted by molar-refractivity contribution is -0.137. The molecule has 2 N–H and O–H groups in total. The summed E-state index contributed by atoms with van der Waals surface area (Å²) in [5, 5.41) is 12.1. The van der Waals surface area contributed by atoms with Gasteiger partial charge in [-0.15, -0.1) is 0 Å². The van der Waals surface area contributed by atoms with Crippen LogP contribution in [0.5, 0.6) is 0 Å². The Morgan fingerprint density at radius 1 is 1.30 bits per heavy atom. The molecule has 1 aliphatic rings. The quantitative estimate of drug-likeness (QED) is 0.883. The number of rotatable bonds is 5. The number of anilines is 1. The Labute approximate surface area is 133 Å². The van der Waals surface area contributed by atoms with Gasteiger partial charge >= 0.3 is 5.97 Å². The SMILES string of the molecule is O=C(O)Cn1ccnc(N[C@@H]2CCC[C@@H]2c2ccccc2)c1=O. The molecule has 1 saturated carbocycles. The second-order valence-electron chi connectivity index (χ2n) is 5.80. The Hall–Kier alpha value is -2.63. The number of carboxylic acid groups (broad SMARTS) is 1. The third kappa shape index (κ3) is 3.41. The van der Waals surface area contributed by atoms with Gasteiger partial charge in [0.05, 0.1) is 0 Å². The predicted octanol–water partition coefficient (Wildman–Crippen LogP) is 2.08. The van der Waals surface area contributed by atoms with Gasteiger partial charge in [0.25, 0.3) is 5.56 Å². The van der Waals surface area contributed by atoms with Crippen LogP contribution in [0.25, 0.3) is 0 Å². The summed E-state index contributed by atoms with van der Waals surface area (Å²) in [6.07, 6.45) is 5.98. The van der Waals surface area contributed by atoms with E-state index >= 15 is 0 Å². The zero-order chi connectivity index (χ0) is 16.2. The van der Waals surface area contributed by atoms with Crippen molar-refractivity contribution in [3.8, 4) is 0 Å². The van der Waals surface area contributed by atoms with Gasteiger partial charge in [0, 0.05) is 24.4 Å². The van der Waals surface area contributed by atoms with Crippen LogP contribution in [-0.2, 0) is 11.3 Å². The first-order valence-corrected chi connectivity index (χ1v) is 7.74. The summed E-state index contributed by atoms with van der Waals surface area (Å²) < 4.78 is 1.16. The smallest absolute Gasteiger partial charge is 0.323 e. The Morgan fingerprint density at radius 2 is 2.09 bits per heavy atom. The molecule has 2 aromatic rings. The maximum atomic E-state index is 12.3. The van der Waals surface area contributed by atoms with E-state index in [9.17, 15) is 9.59 Å². The summed E-state index contributed by atoms with van der Waals surface area (Å²) in [6, 6.07) is 10.4. The monoisotopic (exact) mass is 313 g/mol. The first-order chi connectivity index (χ1) is 11.1. The van der Waals surface area contributed by atoms with Crippen molar-refractivity contribution in [2.75, 3.05) is 5.32 Å². The number of hydrogen-bond donors (Lipinski definition) is 2. The van der Waals surface area contributed by atoms with Gasteiger partial charge in [0.1, 0.15) is 6.54 Å². The zero-order valence-corrected chi connectivity index (χ0v) is 12.7. The highest BCUT2D eigenvalue weighted by Crippen LogP contribution is 2.35. The molecule has 1 fully saturated rings.